The Morgan fingerprint density at radius 1 is 1.35 bits per heavy atom. The normalized spacial score (nSPS) is 10.7. The number of carbonyl (C=O) groups excluding carboxylic acids is 1. The Labute approximate surface area is 137 Å². The number of rotatable bonds is 4. The molecule has 2 heterocycles. The molecule has 3 aromatic rings. The average molecular weight is 329 g/mol. The summed E-state index contributed by atoms with van der Waals surface area (Å²) in [5, 5.41) is 3.36. The van der Waals surface area contributed by atoms with Gasteiger partial charge in [0, 0.05) is 12.4 Å². The summed E-state index contributed by atoms with van der Waals surface area (Å²) < 4.78 is 15.8. The monoisotopic (exact) mass is 329 g/mol. The van der Waals surface area contributed by atoms with Gasteiger partial charge in [-0.3, -0.25) is 4.79 Å². The number of thiazole rings is 1. The van der Waals surface area contributed by atoms with Crippen LogP contribution < -0.4 is 5.32 Å². The fraction of sp³-hybridized carbons (Fsp3) is 0.176. The highest BCUT2D eigenvalue weighted by Gasteiger charge is 2.18. The highest BCUT2D eigenvalue weighted by Crippen LogP contribution is 2.25. The van der Waals surface area contributed by atoms with E-state index in [1.165, 1.54) is 17.4 Å². The maximum absolute atomic E-state index is 13.9. The van der Waals surface area contributed by atoms with Gasteiger partial charge in [-0.2, -0.15) is 0 Å². The van der Waals surface area contributed by atoms with E-state index in [1.807, 2.05) is 36.0 Å². The molecule has 0 radical (unpaired) electrons. The Morgan fingerprint density at radius 2 is 2.09 bits per heavy atom. The summed E-state index contributed by atoms with van der Waals surface area (Å²) in [5.41, 5.74) is 1.70. The van der Waals surface area contributed by atoms with Crippen LogP contribution in [-0.2, 0) is 6.42 Å². The molecular weight excluding hydrogens is 313 g/mol. The molecule has 0 aliphatic rings. The average Bonchev–Trinajstić information content (AvgIpc) is 3.18. The van der Waals surface area contributed by atoms with Crippen LogP contribution in [0.4, 0.5) is 10.1 Å². The predicted octanol–water partition coefficient (Wildman–Crippen LogP) is 4.20. The van der Waals surface area contributed by atoms with Gasteiger partial charge >= 0.3 is 0 Å². The Kier molecular flexibility index (Phi) is 4.25. The van der Waals surface area contributed by atoms with Gasteiger partial charge in [-0.25, -0.2) is 9.37 Å². The van der Waals surface area contributed by atoms with Crippen molar-refractivity contribution in [2.75, 3.05) is 5.32 Å². The molecule has 0 saturated heterocycles. The number of benzene rings is 1. The first-order chi connectivity index (χ1) is 11.1. The van der Waals surface area contributed by atoms with Gasteiger partial charge in [-0.05, 0) is 43.2 Å². The lowest BCUT2D eigenvalue weighted by atomic mass is 10.2. The highest BCUT2D eigenvalue weighted by atomic mass is 32.1. The number of anilines is 1. The topological polar surface area (TPSA) is 46.9 Å². The molecule has 0 aliphatic heterocycles. The molecule has 1 N–H and O–H groups in total. The first-order valence-electron chi connectivity index (χ1n) is 7.29. The largest absolute Gasteiger partial charge is 0.319 e. The van der Waals surface area contributed by atoms with Crippen molar-refractivity contribution in [3.8, 4) is 5.13 Å². The van der Waals surface area contributed by atoms with E-state index < -0.39 is 5.82 Å². The van der Waals surface area contributed by atoms with E-state index in [0.29, 0.717) is 17.0 Å². The fourth-order valence-electron chi connectivity index (χ4n) is 2.23. The summed E-state index contributed by atoms with van der Waals surface area (Å²) >= 11 is 1.30. The van der Waals surface area contributed by atoms with Crippen molar-refractivity contribution in [2.45, 2.75) is 20.3 Å². The molecule has 0 aliphatic carbocycles. The number of carbonyl (C=O) groups is 1. The molecule has 4 nitrogen and oxygen atoms in total. The molecule has 0 atom stereocenters. The summed E-state index contributed by atoms with van der Waals surface area (Å²) in [6.07, 6.45) is 4.39. The van der Waals surface area contributed by atoms with E-state index in [2.05, 4.69) is 10.3 Å². The van der Waals surface area contributed by atoms with Crippen LogP contribution in [-0.4, -0.2) is 15.5 Å². The molecule has 1 amide bonds. The molecule has 3 rings (SSSR count). The number of hydrogen-bond donors (Lipinski definition) is 1. The lowest BCUT2D eigenvalue weighted by molar-refractivity contribution is 0.102. The third-order valence-electron chi connectivity index (χ3n) is 3.43. The minimum absolute atomic E-state index is 0.179. The van der Waals surface area contributed by atoms with Crippen molar-refractivity contribution in [1.82, 2.24) is 9.55 Å². The van der Waals surface area contributed by atoms with Gasteiger partial charge in [-0.15, -0.1) is 0 Å². The van der Waals surface area contributed by atoms with Crippen molar-refractivity contribution in [2.24, 2.45) is 0 Å². The van der Waals surface area contributed by atoms with Crippen LogP contribution in [0.15, 0.2) is 42.7 Å². The molecule has 0 fully saturated rings. The lowest BCUT2D eigenvalue weighted by Crippen LogP contribution is -2.13. The minimum atomic E-state index is -0.438. The number of aryl methyl sites for hydroxylation is 2. The van der Waals surface area contributed by atoms with Crippen LogP contribution in [0.2, 0.25) is 0 Å². The minimum Gasteiger partial charge on any atom is -0.319 e. The second-order valence-electron chi connectivity index (χ2n) is 5.15. The lowest BCUT2D eigenvalue weighted by Gasteiger charge is -2.06. The molecule has 0 bridgehead atoms. The smallest absolute Gasteiger partial charge is 0.267 e. The third-order valence-corrected chi connectivity index (χ3v) is 4.54. The number of aromatic nitrogens is 2. The van der Waals surface area contributed by atoms with Gasteiger partial charge < -0.3 is 9.88 Å². The van der Waals surface area contributed by atoms with Crippen LogP contribution in [0.1, 0.15) is 27.9 Å². The van der Waals surface area contributed by atoms with Crippen molar-refractivity contribution >= 4 is 22.9 Å². The van der Waals surface area contributed by atoms with Gasteiger partial charge in [-0.1, -0.05) is 24.3 Å². The summed E-state index contributed by atoms with van der Waals surface area (Å²) in [6, 6.07) is 8.52. The number of hydrogen-bond acceptors (Lipinski definition) is 3. The number of amides is 1. The van der Waals surface area contributed by atoms with Gasteiger partial charge in [0.25, 0.3) is 5.91 Å². The van der Waals surface area contributed by atoms with Crippen LogP contribution in [0.3, 0.4) is 0 Å². The number of nitrogens with zero attached hydrogens (tertiary/aromatic N) is 2. The Bertz CT molecular complexity index is 840. The summed E-state index contributed by atoms with van der Waals surface area (Å²) in [5.74, 6) is -0.771. The summed E-state index contributed by atoms with van der Waals surface area (Å²) in [6.45, 7) is 3.74. The number of halogens is 1. The Hall–Kier alpha value is -2.47. The van der Waals surface area contributed by atoms with E-state index in [9.17, 15) is 9.18 Å². The molecule has 118 valence electrons. The second-order valence-corrected chi connectivity index (χ2v) is 6.13. The van der Waals surface area contributed by atoms with Crippen molar-refractivity contribution in [3.05, 3.63) is 64.7 Å². The van der Waals surface area contributed by atoms with Crippen molar-refractivity contribution in [1.29, 1.82) is 0 Å². The summed E-state index contributed by atoms with van der Waals surface area (Å²) in [7, 11) is 0. The Morgan fingerprint density at radius 3 is 2.74 bits per heavy atom. The zero-order chi connectivity index (χ0) is 16.4. The molecule has 23 heavy (non-hydrogen) atoms. The van der Waals surface area contributed by atoms with E-state index >= 15 is 0 Å². The van der Waals surface area contributed by atoms with Gasteiger partial charge in [0.15, 0.2) is 5.13 Å². The molecule has 0 unspecified atom stereocenters. The van der Waals surface area contributed by atoms with Crippen LogP contribution >= 0.6 is 11.3 Å². The Balaban J connectivity index is 1.90. The van der Waals surface area contributed by atoms with Gasteiger partial charge in [0.1, 0.15) is 10.7 Å². The maximum atomic E-state index is 13.9. The predicted molar refractivity (Wildman–Crippen MR) is 89.9 cm³/mol. The zero-order valence-electron chi connectivity index (χ0n) is 12.8. The van der Waals surface area contributed by atoms with Crippen molar-refractivity contribution < 1.29 is 9.18 Å². The van der Waals surface area contributed by atoms with E-state index in [0.717, 1.165) is 10.7 Å². The fourth-order valence-corrected chi connectivity index (χ4v) is 3.25. The van der Waals surface area contributed by atoms with E-state index in [1.54, 1.807) is 19.1 Å². The van der Waals surface area contributed by atoms with E-state index in [-0.39, 0.29) is 11.6 Å². The van der Waals surface area contributed by atoms with Crippen LogP contribution in [0.25, 0.3) is 5.13 Å². The van der Waals surface area contributed by atoms with Gasteiger partial charge in [0.2, 0.25) is 0 Å². The molecule has 0 spiro atoms. The SMILES string of the molecule is CCc1nc(-n2cccc2)sc1C(=O)Nc1ccc(C)cc1F. The second kappa shape index (κ2) is 6.34. The molecular formula is C17H16FN3OS. The van der Waals surface area contributed by atoms with Crippen LogP contribution in [0, 0.1) is 12.7 Å². The first kappa shape index (κ1) is 15.4. The summed E-state index contributed by atoms with van der Waals surface area (Å²) in [4.78, 5) is 17.5. The molecule has 1 aromatic carbocycles. The highest BCUT2D eigenvalue weighted by molar-refractivity contribution is 7.16. The quantitative estimate of drug-likeness (QED) is 0.780. The standard InChI is InChI=1S/C17H16FN3OS/c1-3-13-15(23-17(20-13)21-8-4-5-9-21)16(22)19-14-7-6-11(2)10-12(14)18/h4-10H,3H2,1-2H3,(H,19,22). The maximum Gasteiger partial charge on any atom is 0.267 e. The molecule has 0 saturated carbocycles. The van der Waals surface area contributed by atoms with Gasteiger partial charge in [0.05, 0.1) is 11.4 Å². The third kappa shape index (κ3) is 3.17. The van der Waals surface area contributed by atoms with Crippen molar-refractivity contribution in [3.63, 3.8) is 0 Å². The zero-order valence-corrected chi connectivity index (χ0v) is 13.7. The molecule has 6 heteroatoms. The van der Waals surface area contributed by atoms with E-state index in [4.69, 9.17) is 0 Å². The number of nitrogens with one attached hydrogen (secondary N) is 1. The van der Waals surface area contributed by atoms with Crippen LogP contribution in [0.5, 0.6) is 0 Å². The first-order valence-corrected chi connectivity index (χ1v) is 8.10. The molecule has 2 aromatic heterocycles.